The minimum atomic E-state index is -0.467. The van der Waals surface area contributed by atoms with E-state index < -0.39 is 5.97 Å². The SMILES string of the molecule is COC(=O)/C(=C1\c2ccccc2C(=O)N1Cc1ccccc1)c1ccc(C(C)(C)C)cc1. The summed E-state index contributed by atoms with van der Waals surface area (Å²) in [4.78, 5) is 28.1. The van der Waals surface area contributed by atoms with Gasteiger partial charge in [0.2, 0.25) is 0 Å². The lowest BCUT2D eigenvalue weighted by atomic mass is 9.86. The van der Waals surface area contributed by atoms with E-state index in [-0.39, 0.29) is 11.3 Å². The van der Waals surface area contributed by atoms with Crippen LogP contribution in [-0.4, -0.2) is 23.9 Å². The zero-order valence-corrected chi connectivity index (χ0v) is 18.9. The molecule has 3 aromatic carbocycles. The monoisotopic (exact) mass is 425 g/mol. The van der Waals surface area contributed by atoms with Crippen LogP contribution in [0.5, 0.6) is 0 Å². The molecule has 1 aliphatic rings. The number of benzene rings is 3. The molecular formula is C28H27NO3. The molecule has 0 spiro atoms. The molecule has 0 aromatic heterocycles. The Morgan fingerprint density at radius 2 is 1.44 bits per heavy atom. The van der Waals surface area contributed by atoms with Gasteiger partial charge in [0, 0.05) is 11.1 Å². The van der Waals surface area contributed by atoms with E-state index in [1.807, 2.05) is 72.8 Å². The van der Waals surface area contributed by atoms with Crippen molar-refractivity contribution < 1.29 is 14.3 Å². The van der Waals surface area contributed by atoms with Crippen LogP contribution in [0.4, 0.5) is 0 Å². The minimum Gasteiger partial charge on any atom is -0.465 e. The molecule has 0 unspecified atom stereocenters. The number of hydrogen-bond acceptors (Lipinski definition) is 3. The van der Waals surface area contributed by atoms with Crippen LogP contribution in [0.1, 0.15) is 53.4 Å². The van der Waals surface area contributed by atoms with Crippen molar-refractivity contribution in [1.82, 2.24) is 4.90 Å². The number of hydrogen-bond donors (Lipinski definition) is 0. The first-order valence-electron chi connectivity index (χ1n) is 10.7. The van der Waals surface area contributed by atoms with Gasteiger partial charge in [-0.3, -0.25) is 4.79 Å². The van der Waals surface area contributed by atoms with Gasteiger partial charge in [-0.05, 0) is 28.2 Å². The lowest BCUT2D eigenvalue weighted by molar-refractivity contribution is -0.133. The highest BCUT2D eigenvalue weighted by Crippen LogP contribution is 2.40. The molecule has 4 heteroatoms. The predicted molar refractivity (Wildman–Crippen MR) is 127 cm³/mol. The van der Waals surface area contributed by atoms with E-state index in [0.29, 0.717) is 23.4 Å². The Hall–Kier alpha value is -3.66. The lowest BCUT2D eigenvalue weighted by Gasteiger charge is -2.23. The summed E-state index contributed by atoms with van der Waals surface area (Å²) < 4.78 is 5.19. The van der Waals surface area contributed by atoms with E-state index >= 15 is 0 Å². The van der Waals surface area contributed by atoms with Crippen molar-refractivity contribution in [2.45, 2.75) is 32.7 Å². The van der Waals surface area contributed by atoms with Gasteiger partial charge < -0.3 is 9.64 Å². The van der Waals surface area contributed by atoms with Crippen molar-refractivity contribution in [3.05, 3.63) is 107 Å². The fourth-order valence-electron chi connectivity index (χ4n) is 4.05. The van der Waals surface area contributed by atoms with Crippen LogP contribution in [0.3, 0.4) is 0 Å². The molecule has 0 bridgehead atoms. The second-order valence-electron chi connectivity index (χ2n) is 8.97. The van der Waals surface area contributed by atoms with Crippen molar-refractivity contribution in [2.75, 3.05) is 7.11 Å². The number of methoxy groups -OCH3 is 1. The van der Waals surface area contributed by atoms with Gasteiger partial charge in [-0.2, -0.15) is 0 Å². The zero-order chi connectivity index (χ0) is 22.9. The quantitative estimate of drug-likeness (QED) is 0.399. The normalized spacial score (nSPS) is 14.9. The topological polar surface area (TPSA) is 46.6 Å². The second-order valence-corrected chi connectivity index (χ2v) is 8.97. The summed E-state index contributed by atoms with van der Waals surface area (Å²) in [6.45, 7) is 6.81. The van der Waals surface area contributed by atoms with Gasteiger partial charge in [-0.1, -0.05) is 93.6 Å². The van der Waals surface area contributed by atoms with Gasteiger partial charge in [-0.15, -0.1) is 0 Å². The fourth-order valence-corrected chi connectivity index (χ4v) is 4.05. The van der Waals surface area contributed by atoms with Gasteiger partial charge in [0.1, 0.15) is 0 Å². The summed E-state index contributed by atoms with van der Waals surface area (Å²) in [7, 11) is 1.37. The van der Waals surface area contributed by atoms with Crippen molar-refractivity contribution in [2.24, 2.45) is 0 Å². The molecule has 0 fully saturated rings. The van der Waals surface area contributed by atoms with E-state index in [4.69, 9.17) is 4.74 Å². The van der Waals surface area contributed by atoms with E-state index in [1.165, 1.54) is 12.7 Å². The predicted octanol–water partition coefficient (Wildman–Crippen LogP) is 5.68. The van der Waals surface area contributed by atoms with Crippen molar-refractivity contribution in [3.8, 4) is 0 Å². The third-order valence-corrected chi connectivity index (χ3v) is 5.78. The average Bonchev–Trinajstić information content (AvgIpc) is 3.06. The number of ether oxygens (including phenoxy) is 1. The van der Waals surface area contributed by atoms with Gasteiger partial charge in [0.05, 0.1) is 24.9 Å². The number of esters is 1. The number of fused-ring (bicyclic) bond motifs is 1. The van der Waals surface area contributed by atoms with Gasteiger partial charge in [-0.25, -0.2) is 4.79 Å². The Labute approximate surface area is 189 Å². The summed E-state index contributed by atoms with van der Waals surface area (Å²) in [6, 6.07) is 25.1. The largest absolute Gasteiger partial charge is 0.465 e. The first-order valence-corrected chi connectivity index (χ1v) is 10.7. The summed E-state index contributed by atoms with van der Waals surface area (Å²) in [5.41, 5.74) is 5.18. The van der Waals surface area contributed by atoms with Crippen LogP contribution in [0, 0.1) is 0 Å². The highest BCUT2D eigenvalue weighted by Gasteiger charge is 2.36. The standard InChI is InChI=1S/C28H27NO3/c1-28(2,3)21-16-14-20(15-17-21)24(27(31)32-4)25-22-12-8-9-13-23(22)26(30)29(25)18-19-10-6-5-7-11-19/h5-17H,18H2,1-4H3/b25-24+. The first-order chi connectivity index (χ1) is 15.3. The Bertz CT molecular complexity index is 1190. The average molecular weight is 426 g/mol. The molecule has 0 radical (unpaired) electrons. The third-order valence-electron chi connectivity index (χ3n) is 5.78. The van der Waals surface area contributed by atoms with E-state index in [1.54, 1.807) is 11.0 Å². The summed E-state index contributed by atoms with van der Waals surface area (Å²) >= 11 is 0. The molecule has 1 heterocycles. The lowest BCUT2D eigenvalue weighted by Crippen LogP contribution is -2.24. The van der Waals surface area contributed by atoms with Gasteiger partial charge >= 0.3 is 5.97 Å². The first kappa shape index (κ1) is 21.6. The minimum absolute atomic E-state index is 0.00757. The van der Waals surface area contributed by atoms with Crippen molar-refractivity contribution >= 4 is 23.1 Å². The van der Waals surface area contributed by atoms with E-state index in [2.05, 4.69) is 20.8 Å². The van der Waals surface area contributed by atoms with Crippen molar-refractivity contribution in [1.29, 1.82) is 0 Å². The molecule has 0 N–H and O–H groups in total. The maximum atomic E-state index is 13.4. The smallest absolute Gasteiger partial charge is 0.340 e. The van der Waals surface area contributed by atoms with E-state index in [9.17, 15) is 9.59 Å². The number of nitrogens with zero attached hydrogens (tertiary/aromatic N) is 1. The molecule has 3 aromatic rings. The van der Waals surface area contributed by atoms with Gasteiger partial charge in [0.25, 0.3) is 5.91 Å². The molecule has 162 valence electrons. The molecular weight excluding hydrogens is 398 g/mol. The number of carbonyl (C=O) groups excluding carboxylic acids is 2. The van der Waals surface area contributed by atoms with Crippen LogP contribution in [0.15, 0.2) is 78.9 Å². The Morgan fingerprint density at radius 1 is 0.844 bits per heavy atom. The molecule has 0 aliphatic carbocycles. The molecule has 0 saturated heterocycles. The molecule has 0 saturated carbocycles. The van der Waals surface area contributed by atoms with Crippen LogP contribution in [0.25, 0.3) is 11.3 Å². The van der Waals surface area contributed by atoms with E-state index in [0.717, 1.165) is 16.7 Å². The second kappa shape index (κ2) is 8.46. The zero-order valence-electron chi connectivity index (χ0n) is 18.9. The number of amides is 1. The van der Waals surface area contributed by atoms with Crippen LogP contribution in [0.2, 0.25) is 0 Å². The summed E-state index contributed by atoms with van der Waals surface area (Å²) in [5.74, 6) is -0.585. The molecule has 0 atom stereocenters. The Kier molecular flexibility index (Phi) is 5.70. The van der Waals surface area contributed by atoms with Crippen molar-refractivity contribution in [3.63, 3.8) is 0 Å². The highest BCUT2D eigenvalue weighted by atomic mass is 16.5. The molecule has 32 heavy (non-hydrogen) atoms. The summed E-state index contributed by atoms with van der Waals surface area (Å²) in [6.07, 6.45) is 0. The maximum Gasteiger partial charge on any atom is 0.340 e. The highest BCUT2D eigenvalue weighted by molar-refractivity contribution is 6.28. The molecule has 4 nitrogen and oxygen atoms in total. The summed E-state index contributed by atoms with van der Waals surface area (Å²) in [5, 5.41) is 0. The van der Waals surface area contributed by atoms with Crippen LogP contribution in [-0.2, 0) is 21.5 Å². The third kappa shape index (κ3) is 3.96. The fraction of sp³-hybridized carbons (Fsp3) is 0.214. The molecule has 4 rings (SSSR count). The Morgan fingerprint density at radius 3 is 2.03 bits per heavy atom. The number of rotatable bonds is 4. The number of carbonyl (C=O) groups is 2. The Balaban J connectivity index is 1.93. The van der Waals surface area contributed by atoms with Crippen LogP contribution < -0.4 is 0 Å². The van der Waals surface area contributed by atoms with Gasteiger partial charge in [0.15, 0.2) is 0 Å². The molecule has 1 amide bonds. The molecule has 1 aliphatic heterocycles. The van der Waals surface area contributed by atoms with Crippen LogP contribution >= 0.6 is 0 Å². The maximum absolute atomic E-state index is 13.4.